The van der Waals surface area contributed by atoms with Gasteiger partial charge in [0.1, 0.15) is 18.3 Å². The summed E-state index contributed by atoms with van der Waals surface area (Å²) >= 11 is 0. The van der Waals surface area contributed by atoms with Crippen molar-refractivity contribution in [1.82, 2.24) is 0 Å². The average molecular weight is 328 g/mol. The molecule has 24 heavy (non-hydrogen) atoms. The first-order valence-electron chi connectivity index (χ1n) is 8.13. The standard InChI is InChI=1S/C19H20O5/c20-15-11-21-19(14-9-5-2-6-10-14)24-17(15)16-12-22-18(23-16)13-7-3-1-4-8-13/h1-10,15-20H,11-12H2/t15-,16+,17+,18?,19?/m0/s1. The highest BCUT2D eigenvalue weighted by Gasteiger charge is 2.42. The minimum absolute atomic E-state index is 0.208. The van der Waals surface area contributed by atoms with Crippen LogP contribution in [0.25, 0.3) is 0 Å². The minimum Gasteiger partial charge on any atom is -0.388 e. The van der Waals surface area contributed by atoms with Gasteiger partial charge < -0.3 is 24.1 Å². The van der Waals surface area contributed by atoms with Gasteiger partial charge in [-0.15, -0.1) is 0 Å². The Morgan fingerprint density at radius 3 is 1.88 bits per heavy atom. The Labute approximate surface area is 140 Å². The first kappa shape index (κ1) is 15.7. The first-order chi connectivity index (χ1) is 11.8. The highest BCUT2D eigenvalue weighted by atomic mass is 16.8. The van der Waals surface area contributed by atoms with E-state index in [1.54, 1.807) is 0 Å². The van der Waals surface area contributed by atoms with Crippen LogP contribution in [0.2, 0.25) is 0 Å². The Bertz CT molecular complexity index is 647. The summed E-state index contributed by atoms with van der Waals surface area (Å²) in [6.07, 6.45) is -2.49. The molecule has 5 nitrogen and oxygen atoms in total. The highest BCUT2D eigenvalue weighted by molar-refractivity contribution is 5.18. The fourth-order valence-corrected chi connectivity index (χ4v) is 3.05. The number of aliphatic hydroxyl groups is 1. The molecule has 2 aliphatic heterocycles. The first-order valence-corrected chi connectivity index (χ1v) is 8.13. The molecule has 2 aromatic rings. The van der Waals surface area contributed by atoms with E-state index in [1.165, 1.54) is 0 Å². The fourth-order valence-electron chi connectivity index (χ4n) is 3.05. The van der Waals surface area contributed by atoms with E-state index < -0.39 is 24.8 Å². The van der Waals surface area contributed by atoms with Crippen molar-refractivity contribution in [2.24, 2.45) is 0 Å². The van der Waals surface area contributed by atoms with E-state index in [9.17, 15) is 5.11 Å². The maximum atomic E-state index is 10.3. The lowest BCUT2D eigenvalue weighted by Crippen LogP contribution is -2.48. The van der Waals surface area contributed by atoms with Crippen LogP contribution in [0.1, 0.15) is 23.7 Å². The molecule has 5 atom stereocenters. The maximum absolute atomic E-state index is 10.3. The summed E-state index contributed by atoms with van der Waals surface area (Å²) in [7, 11) is 0. The number of rotatable bonds is 3. The van der Waals surface area contributed by atoms with E-state index in [2.05, 4.69) is 0 Å². The average Bonchev–Trinajstić information content (AvgIpc) is 3.13. The quantitative estimate of drug-likeness (QED) is 0.938. The molecule has 2 saturated heterocycles. The lowest BCUT2D eigenvalue weighted by atomic mass is 10.1. The molecule has 0 aliphatic carbocycles. The summed E-state index contributed by atoms with van der Waals surface area (Å²) in [6, 6.07) is 19.5. The molecular formula is C19H20O5. The van der Waals surface area contributed by atoms with Gasteiger partial charge in [-0.1, -0.05) is 60.7 Å². The van der Waals surface area contributed by atoms with Crippen LogP contribution in [0, 0.1) is 0 Å². The van der Waals surface area contributed by atoms with Gasteiger partial charge >= 0.3 is 0 Å². The monoisotopic (exact) mass is 328 g/mol. The largest absolute Gasteiger partial charge is 0.388 e. The van der Waals surface area contributed by atoms with Gasteiger partial charge in [0.15, 0.2) is 12.6 Å². The molecule has 2 unspecified atom stereocenters. The molecule has 2 fully saturated rings. The minimum atomic E-state index is -0.743. The van der Waals surface area contributed by atoms with Crippen molar-refractivity contribution >= 4 is 0 Å². The number of ether oxygens (including phenoxy) is 4. The fraction of sp³-hybridized carbons (Fsp3) is 0.368. The summed E-state index contributed by atoms with van der Waals surface area (Å²) < 4.78 is 23.3. The van der Waals surface area contributed by atoms with E-state index in [0.29, 0.717) is 6.61 Å². The molecule has 2 aliphatic rings. The summed E-state index contributed by atoms with van der Waals surface area (Å²) in [5.74, 6) is 0. The molecule has 0 radical (unpaired) electrons. The number of hydrogen-bond donors (Lipinski definition) is 1. The molecule has 1 N–H and O–H groups in total. The van der Waals surface area contributed by atoms with Crippen molar-refractivity contribution in [1.29, 1.82) is 0 Å². The smallest absolute Gasteiger partial charge is 0.184 e. The van der Waals surface area contributed by atoms with E-state index in [-0.39, 0.29) is 12.7 Å². The second kappa shape index (κ2) is 7.01. The maximum Gasteiger partial charge on any atom is 0.184 e. The van der Waals surface area contributed by atoms with E-state index in [0.717, 1.165) is 11.1 Å². The molecule has 0 bridgehead atoms. The lowest BCUT2D eigenvalue weighted by Gasteiger charge is -2.36. The summed E-state index contributed by atoms with van der Waals surface area (Å²) in [5.41, 5.74) is 1.88. The van der Waals surface area contributed by atoms with Crippen molar-refractivity contribution in [2.45, 2.75) is 30.9 Å². The summed E-state index contributed by atoms with van der Waals surface area (Å²) in [6.45, 7) is 0.586. The van der Waals surface area contributed by atoms with Crippen LogP contribution in [0.5, 0.6) is 0 Å². The molecule has 5 heteroatoms. The van der Waals surface area contributed by atoms with E-state index >= 15 is 0 Å². The second-order valence-electron chi connectivity index (χ2n) is 5.99. The zero-order valence-corrected chi connectivity index (χ0v) is 13.2. The molecule has 126 valence electrons. The second-order valence-corrected chi connectivity index (χ2v) is 5.99. The van der Waals surface area contributed by atoms with Crippen LogP contribution in [0.15, 0.2) is 60.7 Å². The summed E-state index contributed by atoms with van der Waals surface area (Å²) in [5, 5.41) is 10.3. The van der Waals surface area contributed by atoms with Gasteiger partial charge in [0.05, 0.1) is 13.2 Å². The van der Waals surface area contributed by atoms with Crippen LogP contribution in [-0.4, -0.2) is 36.6 Å². The van der Waals surface area contributed by atoms with Gasteiger partial charge in [0.2, 0.25) is 0 Å². The molecule has 2 aromatic carbocycles. The topological polar surface area (TPSA) is 57.2 Å². The Morgan fingerprint density at radius 2 is 1.25 bits per heavy atom. The van der Waals surface area contributed by atoms with Crippen LogP contribution in [0.3, 0.4) is 0 Å². The van der Waals surface area contributed by atoms with Gasteiger partial charge in [0.25, 0.3) is 0 Å². The number of benzene rings is 2. The molecule has 2 heterocycles. The van der Waals surface area contributed by atoms with Crippen LogP contribution in [0.4, 0.5) is 0 Å². The normalized spacial score (nSPS) is 33.5. The Kier molecular flexibility index (Phi) is 4.60. The predicted molar refractivity (Wildman–Crippen MR) is 86.0 cm³/mol. The number of aliphatic hydroxyl groups excluding tert-OH is 1. The van der Waals surface area contributed by atoms with Crippen molar-refractivity contribution in [3.8, 4) is 0 Å². The molecule has 0 aromatic heterocycles. The van der Waals surface area contributed by atoms with Crippen molar-refractivity contribution in [2.75, 3.05) is 13.2 Å². The molecule has 4 rings (SSSR count). The molecule has 0 saturated carbocycles. The lowest BCUT2D eigenvalue weighted by molar-refractivity contribution is -0.277. The van der Waals surface area contributed by atoms with Crippen LogP contribution < -0.4 is 0 Å². The summed E-state index contributed by atoms with van der Waals surface area (Å²) in [4.78, 5) is 0. The SMILES string of the molecule is O[C@H]1COC(c2ccccc2)O[C@H]1[C@H]1COC(c2ccccc2)O1. The third-order valence-electron chi connectivity index (χ3n) is 4.30. The van der Waals surface area contributed by atoms with Gasteiger partial charge in [-0.2, -0.15) is 0 Å². The third kappa shape index (κ3) is 3.22. The van der Waals surface area contributed by atoms with E-state index in [4.69, 9.17) is 18.9 Å². The van der Waals surface area contributed by atoms with Crippen LogP contribution in [-0.2, 0) is 18.9 Å². The molecule has 0 spiro atoms. The Morgan fingerprint density at radius 1 is 0.708 bits per heavy atom. The Hall–Kier alpha value is -1.76. The number of hydrogen-bond acceptors (Lipinski definition) is 5. The Balaban J connectivity index is 1.45. The third-order valence-corrected chi connectivity index (χ3v) is 4.30. The van der Waals surface area contributed by atoms with Crippen molar-refractivity contribution in [3.05, 3.63) is 71.8 Å². The van der Waals surface area contributed by atoms with Gasteiger partial charge in [0, 0.05) is 11.1 Å². The molecule has 0 amide bonds. The highest BCUT2D eigenvalue weighted by Crippen LogP contribution is 2.34. The zero-order valence-electron chi connectivity index (χ0n) is 13.2. The zero-order chi connectivity index (χ0) is 16.4. The van der Waals surface area contributed by atoms with Gasteiger partial charge in [-0.05, 0) is 0 Å². The van der Waals surface area contributed by atoms with Gasteiger partial charge in [-0.25, -0.2) is 0 Å². The molecular weight excluding hydrogens is 308 g/mol. The van der Waals surface area contributed by atoms with Crippen LogP contribution >= 0.6 is 0 Å². The van der Waals surface area contributed by atoms with Crippen molar-refractivity contribution in [3.63, 3.8) is 0 Å². The van der Waals surface area contributed by atoms with Crippen molar-refractivity contribution < 1.29 is 24.1 Å². The van der Waals surface area contributed by atoms with E-state index in [1.807, 2.05) is 60.7 Å². The predicted octanol–water partition coefficient (Wildman–Crippen LogP) is 2.58. The van der Waals surface area contributed by atoms with Gasteiger partial charge in [-0.3, -0.25) is 0 Å².